The highest BCUT2D eigenvalue weighted by atomic mass is 15.2. The van der Waals surface area contributed by atoms with E-state index in [0.29, 0.717) is 6.04 Å². The van der Waals surface area contributed by atoms with Gasteiger partial charge >= 0.3 is 0 Å². The monoisotopic (exact) mass is 261 g/mol. The lowest BCUT2D eigenvalue weighted by Gasteiger charge is -2.23. The Hall–Kier alpha value is -1.09. The molecule has 1 saturated carbocycles. The largest absolute Gasteiger partial charge is 0.357 e. The van der Waals surface area contributed by atoms with Gasteiger partial charge in [0.25, 0.3) is 0 Å². The molecule has 0 amide bonds. The molecule has 106 valence electrons. The van der Waals surface area contributed by atoms with E-state index in [1.807, 2.05) is 0 Å². The van der Waals surface area contributed by atoms with Crippen molar-refractivity contribution in [1.82, 2.24) is 10.3 Å². The molecule has 19 heavy (non-hydrogen) atoms. The molecule has 0 spiro atoms. The summed E-state index contributed by atoms with van der Waals surface area (Å²) in [5.41, 5.74) is 2.68. The van der Waals surface area contributed by atoms with Crippen molar-refractivity contribution in [3.63, 3.8) is 0 Å². The fraction of sp³-hybridized carbons (Fsp3) is 0.688. The molecule has 0 aliphatic heterocycles. The molecule has 1 fully saturated rings. The van der Waals surface area contributed by atoms with Gasteiger partial charge in [0, 0.05) is 30.9 Å². The maximum atomic E-state index is 4.76. The zero-order valence-electron chi connectivity index (χ0n) is 13.0. The van der Waals surface area contributed by atoms with Gasteiger partial charge in [-0.1, -0.05) is 6.92 Å². The van der Waals surface area contributed by atoms with Gasteiger partial charge in [-0.25, -0.2) is 4.98 Å². The molecule has 0 saturated heterocycles. The molecule has 1 aliphatic rings. The van der Waals surface area contributed by atoms with Crippen LogP contribution in [0.3, 0.4) is 0 Å². The van der Waals surface area contributed by atoms with E-state index in [-0.39, 0.29) is 5.54 Å². The average molecular weight is 261 g/mol. The van der Waals surface area contributed by atoms with Gasteiger partial charge in [0.05, 0.1) is 0 Å². The van der Waals surface area contributed by atoms with E-state index in [1.165, 1.54) is 24.1 Å². The van der Waals surface area contributed by atoms with Crippen LogP contribution in [0.2, 0.25) is 0 Å². The third-order valence-electron chi connectivity index (χ3n) is 3.57. The van der Waals surface area contributed by atoms with E-state index in [2.05, 4.69) is 57.1 Å². The second-order valence-corrected chi connectivity index (χ2v) is 6.62. The summed E-state index contributed by atoms with van der Waals surface area (Å²) < 4.78 is 0. The fourth-order valence-corrected chi connectivity index (χ4v) is 2.11. The maximum Gasteiger partial charge on any atom is 0.129 e. The number of rotatable bonds is 5. The second-order valence-electron chi connectivity index (χ2n) is 6.62. The third-order valence-corrected chi connectivity index (χ3v) is 3.57. The minimum absolute atomic E-state index is 0.151. The summed E-state index contributed by atoms with van der Waals surface area (Å²) in [4.78, 5) is 7.09. The van der Waals surface area contributed by atoms with Crippen molar-refractivity contribution in [2.75, 3.05) is 11.9 Å². The second kappa shape index (κ2) is 5.49. The molecule has 0 aromatic carbocycles. The Kier molecular flexibility index (Phi) is 4.14. The first-order valence-electron chi connectivity index (χ1n) is 7.37. The number of anilines is 1. The molecule has 0 unspecified atom stereocenters. The van der Waals surface area contributed by atoms with Gasteiger partial charge < -0.3 is 10.2 Å². The summed E-state index contributed by atoms with van der Waals surface area (Å²) in [6.45, 7) is 9.68. The molecular formula is C16H27N3. The summed E-state index contributed by atoms with van der Waals surface area (Å²) in [6.07, 6.45) is 3.61. The van der Waals surface area contributed by atoms with Crippen LogP contribution in [-0.2, 0) is 13.0 Å². The van der Waals surface area contributed by atoms with Crippen molar-refractivity contribution in [1.29, 1.82) is 0 Å². The zero-order valence-corrected chi connectivity index (χ0v) is 13.0. The Morgan fingerprint density at radius 1 is 1.32 bits per heavy atom. The number of aromatic nitrogens is 1. The molecule has 0 atom stereocenters. The van der Waals surface area contributed by atoms with Gasteiger partial charge in [0.2, 0.25) is 0 Å². The highest BCUT2D eigenvalue weighted by molar-refractivity contribution is 5.44. The van der Waals surface area contributed by atoms with Gasteiger partial charge in [0.15, 0.2) is 0 Å². The van der Waals surface area contributed by atoms with E-state index in [4.69, 9.17) is 4.98 Å². The molecule has 2 rings (SSSR count). The average Bonchev–Trinajstić information content (AvgIpc) is 3.18. The molecule has 3 heteroatoms. The van der Waals surface area contributed by atoms with E-state index >= 15 is 0 Å². The van der Waals surface area contributed by atoms with Crippen LogP contribution in [0.15, 0.2) is 12.1 Å². The van der Waals surface area contributed by atoms with Crippen molar-refractivity contribution in [2.45, 2.75) is 65.1 Å². The van der Waals surface area contributed by atoms with Crippen molar-refractivity contribution in [3.8, 4) is 0 Å². The van der Waals surface area contributed by atoms with Crippen LogP contribution in [0, 0.1) is 0 Å². The van der Waals surface area contributed by atoms with Gasteiger partial charge in [-0.15, -0.1) is 0 Å². The van der Waals surface area contributed by atoms with Gasteiger partial charge in [0.1, 0.15) is 5.82 Å². The van der Waals surface area contributed by atoms with Crippen LogP contribution >= 0.6 is 0 Å². The number of pyridine rings is 1. The highest BCUT2D eigenvalue weighted by Gasteiger charge is 2.27. The molecule has 1 aliphatic carbocycles. The van der Waals surface area contributed by atoms with Crippen molar-refractivity contribution >= 4 is 5.82 Å². The minimum atomic E-state index is 0.151. The van der Waals surface area contributed by atoms with E-state index in [1.54, 1.807) is 0 Å². The number of aryl methyl sites for hydroxylation is 1. The van der Waals surface area contributed by atoms with Crippen LogP contribution in [-0.4, -0.2) is 23.6 Å². The van der Waals surface area contributed by atoms with Crippen LogP contribution < -0.4 is 10.2 Å². The Labute approximate surface area is 117 Å². The minimum Gasteiger partial charge on any atom is -0.357 e. The molecule has 1 N–H and O–H groups in total. The van der Waals surface area contributed by atoms with Crippen molar-refractivity contribution in [3.05, 3.63) is 23.4 Å². The van der Waals surface area contributed by atoms with Gasteiger partial charge in [-0.3, -0.25) is 0 Å². The zero-order chi connectivity index (χ0) is 14.0. The number of nitrogens with one attached hydrogen (secondary N) is 1. The summed E-state index contributed by atoms with van der Waals surface area (Å²) in [7, 11) is 2.17. The van der Waals surface area contributed by atoms with Crippen LogP contribution in [0.1, 0.15) is 51.8 Å². The van der Waals surface area contributed by atoms with Crippen LogP contribution in [0.4, 0.5) is 5.82 Å². The van der Waals surface area contributed by atoms with Crippen molar-refractivity contribution in [2.24, 2.45) is 0 Å². The Morgan fingerprint density at radius 2 is 2.00 bits per heavy atom. The molecule has 1 aromatic rings. The smallest absolute Gasteiger partial charge is 0.129 e. The number of nitrogens with zero attached hydrogens (tertiary/aromatic N) is 2. The predicted octanol–water partition coefficient (Wildman–Crippen LogP) is 3.13. The molecule has 0 radical (unpaired) electrons. The summed E-state index contributed by atoms with van der Waals surface area (Å²) in [5.74, 6) is 1.13. The van der Waals surface area contributed by atoms with Gasteiger partial charge in [-0.05, 0) is 57.7 Å². The Bertz CT molecular complexity index is 430. The van der Waals surface area contributed by atoms with E-state index < -0.39 is 0 Å². The van der Waals surface area contributed by atoms with E-state index in [0.717, 1.165) is 18.8 Å². The summed E-state index contributed by atoms with van der Waals surface area (Å²) in [6, 6.07) is 5.17. The molecule has 0 bridgehead atoms. The number of hydrogen-bond acceptors (Lipinski definition) is 3. The first-order valence-corrected chi connectivity index (χ1v) is 7.37. The lowest BCUT2D eigenvalue weighted by atomic mass is 10.1. The third kappa shape index (κ3) is 4.20. The summed E-state index contributed by atoms with van der Waals surface area (Å²) >= 11 is 0. The van der Waals surface area contributed by atoms with Crippen LogP contribution in [0.5, 0.6) is 0 Å². The van der Waals surface area contributed by atoms with E-state index in [9.17, 15) is 0 Å². The normalized spacial score (nSPS) is 15.6. The SMILES string of the molecule is CCc1cc(CNC(C)(C)C)cc(N(C)C2CC2)n1. The van der Waals surface area contributed by atoms with Crippen LogP contribution in [0.25, 0.3) is 0 Å². The standard InChI is InChI=1S/C16H27N3/c1-6-13-9-12(11-17-16(2,3)4)10-15(18-13)19(5)14-7-8-14/h9-10,14,17H,6-8,11H2,1-5H3. The molecular weight excluding hydrogens is 234 g/mol. The van der Waals surface area contributed by atoms with Gasteiger partial charge in [-0.2, -0.15) is 0 Å². The lowest BCUT2D eigenvalue weighted by Crippen LogP contribution is -2.35. The Morgan fingerprint density at radius 3 is 2.53 bits per heavy atom. The predicted molar refractivity (Wildman–Crippen MR) is 81.6 cm³/mol. The molecule has 3 nitrogen and oxygen atoms in total. The quantitative estimate of drug-likeness (QED) is 0.882. The Balaban J connectivity index is 2.15. The fourth-order valence-electron chi connectivity index (χ4n) is 2.11. The molecule has 1 aromatic heterocycles. The summed E-state index contributed by atoms with van der Waals surface area (Å²) in [5, 5.41) is 3.55. The lowest BCUT2D eigenvalue weighted by molar-refractivity contribution is 0.424. The number of hydrogen-bond donors (Lipinski definition) is 1. The van der Waals surface area contributed by atoms with Crippen molar-refractivity contribution < 1.29 is 0 Å². The first kappa shape index (κ1) is 14.3. The molecule has 1 heterocycles. The topological polar surface area (TPSA) is 28.2 Å². The first-order chi connectivity index (χ1) is 8.89. The maximum absolute atomic E-state index is 4.76. The highest BCUT2D eigenvalue weighted by Crippen LogP contribution is 2.29.